The van der Waals surface area contributed by atoms with Crippen molar-refractivity contribution >= 4 is 0 Å². The lowest BCUT2D eigenvalue weighted by Crippen LogP contribution is -2.29. The molecule has 0 aliphatic rings. The first-order valence-corrected chi connectivity index (χ1v) is 5.54. The number of aliphatic hydroxyl groups is 1. The van der Waals surface area contributed by atoms with Gasteiger partial charge in [-0.1, -0.05) is 0 Å². The third-order valence-electron chi connectivity index (χ3n) is 1.91. The number of ether oxygens (including phenoxy) is 3. The Bertz CT molecular complexity index is 138. The Kier molecular flexibility index (Phi) is 12.6. The first kappa shape index (κ1) is 15.8. The minimum atomic E-state index is 0.0533. The topological polar surface area (TPSA) is 77.2 Å². The van der Waals surface area contributed by atoms with E-state index in [1.54, 1.807) is 0 Å². The Morgan fingerprint density at radius 1 is 0.938 bits per heavy atom. The molecule has 0 spiro atoms. The van der Waals surface area contributed by atoms with Gasteiger partial charge in [-0.15, -0.1) is 0 Å². The molecule has 0 atom stereocenters. The molecule has 0 unspecified atom stereocenters. The van der Waals surface area contributed by atoms with Gasteiger partial charge in [0.15, 0.2) is 0 Å². The second-order valence-corrected chi connectivity index (χ2v) is 3.32. The fraction of sp³-hybridized carbons (Fsp3) is 1.00. The number of hydrogen-bond acceptors (Lipinski definition) is 6. The third kappa shape index (κ3) is 11.8. The molecule has 6 nitrogen and oxygen atoms in total. The number of nitrogens with two attached hydrogens (primary N) is 1. The molecule has 0 heterocycles. The number of likely N-dealkylation sites (N-methyl/N-ethyl adjacent to an activating group) is 1. The fourth-order valence-corrected chi connectivity index (χ4v) is 0.918. The van der Waals surface area contributed by atoms with Crippen molar-refractivity contribution in [1.29, 1.82) is 0 Å². The Hall–Kier alpha value is -0.240. The highest BCUT2D eigenvalue weighted by Crippen LogP contribution is 1.83. The first-order valence-electron chi connectivity index (χ1n) is 5.54. The summed E-state index contributed by atoms with van der Waals surface area (Å²) < 4.78 is 15.6. The van der Waals surface area contributed by atoms with Crippen LogP contribution in [-0.2, 0) is 14.2 Å². The number of nitrogens with zero attached hydrogens (tertiary/aromatic N) is 1. The summed E-state index contributed by atoms with van der Waals surface area (Å²) in [7, 11) is 1.94. The SMILES string of the molecule is CN(CN)CCOCCOCCOCCO. The predicted octanol–water partition coefficient (Wildman–Crippen LogP) is -1.12. The number of hydrogen-bond donors (Lipinski definition) is 2. The van der Waals surface area contributed by atoms with Gasteiger partial charge in [-0.3, -0.25) is 4.90 Å². The molecule has 0 aliphatic heterocycles. The van der Waals surface area contributed by atoms with Crippen LogP contribution in [-0.4, -0.2) is 76.5 Å². The highest BCUT2D eigenvalue weighted by Gasteiger charge is 1.94. The van der Waals surface area contributed by atoms with Gasteiger partial charge in [0, 0.05) is 13.2 Å². The van der Waals surface area contributed by atoms with E-state index in [4.69, 9.17) is 25.1 Å². The maximum absolute atomic E-state index is 8.43. The summed E-state index contributed by atoms with van der Waals surface area (Å²) >= 11 is 0. The van der Waals surface area contributed by atoms with Gasteiger partial charge < -0.3 is 25.1 Å². The van der Waals surface area contributed by atoms with E-state index in [-0.39, 0.29) is 6.61 Å². The van der Waals surface area contributed by atoms with Crippen LogP contribution in [0.15, 0.2) is 0 Å². The second kappa shape index (κ2) is 12.8. The molecule has 0 radical (unpaired) electrons. The highest BCUT2D eigenvalue weighted by molar-refractivity contribution is 4.44. The largest absolute Gasteiger partial charge is 0.394 e. The van der Waals surface area contributed by atoms with Crippen molar-refractivity contribution in [3.63, 3.8) is 0 Å². The van der Waals surface area contributed by atoms with Gasteiger partial charge in [-0.25, -0.2) is 0 Å². The van der Waals surface area contributed by atoms with Gasteiger partial charge in [-0.2, -0.15) is 0 Å². The van der Waals surface area contributed by atoms with E-state index in [0.29, 0.717) is 46.3 Å². The average Bonchev–Trinajstić information content (AvgIpc) is 2.31. The van der Waals surface area contributed by atoms with Crippen molar-refractivity contribution in [2.24, 2.45) is 5.73 Å². The Morgan fingerprint density at radius 2 is 1.44 bits per heavy atom. The number of rotatable bonds is 12. The quantitative estimate of drug-likeness (QED) is 0.330. The lowest BCUT2D eigenvalue weighted by molar-refractivity contribution is 0.00546. The van der Waals surface area contributed by atoms with Crippen LogP contribution >= 0.6 is 0 Å². The van der Waals surface area contributed by atoms with Crippen molar-refractivity contribution in [2.45, 2.75) is 0 Å². The van der Waals surface area contributed by atoms with Crippen LogP contribution in [0.25, 0.3) is 0 Å². The minimum absolute atomic E-state index is 0.0533. The fourth-order valence-electron chi connectivity index (χ4n) is 0.918. The molecule has 98 valence electrons. The lowest BCUT2D eigenvalue weighted by Gasteiger charge is -2.13. The predicted molar refractivity (Wildman–Crippen MR) is 61.2 cm³/mol. The molecule has 0 aromatic heterocycles. The maximum Gasteiger partial charge on any atom is 0.0701 e. The summed E-state index contributed by atoms with van der Waals surface area (Å²) in [5.41, 5.74) is 5.41. The highest BCUT2D eigenvalue weighted by atomic mass is 16.5. The van der Waals surface area contributed by atoms with E-state index < -0.39 is 0 Å². The van der Waals surface area contributed by atoms with Crippen molar-refractivity contribution < 1.29 is 19.3 Å². The molecule has 0 saturated carbocycles. The normalized spacial score (nSPS) is 11.2. The van der Waals surface area contributed by atoms with Crippen molar-refractivity contribution in [1.82, 2.24) is 4.90 Å². The van der Waals surface area contributed by atoms with E-state index in [1.165, 1.54) is 0 Å². The van der Waals surface area contributed by atoms with E-state index in [9.17, 15) is 0 Å². The van der Waals surface area contributed by atoms with Gasteiger partial charge >= 0.3 is 0 Å². The third-order valence-corrected chi connectivity index (χ3v) is 1.91. The van der Waals surface area contributed by atoms with E-state index in [2.05, 4.69) is 0 Å². The molecule has 0 fully saturated rings. The number of aliphatic hydroxyl groups excluding tert-OH is 1. The molecule has 0 bridgehead atoms. The molecular weight excluding hydrogens is 212 g/mol. The second-order valence-electron chi connectivity index (χ2n) is 3.32. The Morgan fingerprint density at radius 3 is 1.94 bits per heavy atom. The van der Waals surface area contributed by atoms with Crippen LogP contribution in [0.4, 0.5) is 0 Å². The Labute approximate surface area is 97.3 Å². The molecule has 0 aromatic rings. The summed E-state index contributed by atoms with van der Waals surface area (Å²) in [5, 5.41) is 8.43. The van der Waals surface area contributed by atoms with Gasteiger partial charge in [0.05, 0.1) is 46.2 Å². The van der Waals surface area contributed by atoms with Crippen LogP contribution in [0.2, 0.25) is 0 Å². The summed E-state index contributed by atoms with van der Waals surface area (Å²) in [6.07, 6.45) is 0. The van der Waals surface area contributed by atoms with Gasteiger partial charge in [0.25, 0.3) is 0 Å². The molecule has 6 heteroatoms. The minimum Gasteiger partial charge on any atom is -0.394 e. The summed E-state index contributed by atoms with van der Waals surface area (Å²) in [6, 6.07) is 0. The first-order chi connectivity index (χ1) is 7.81. The van der Waals surface area contributed by atoms with E-state index in [0.717, 1.165) is 6.54 Å². The molecule has 0 aliphatic carbocycles. The van der Waals surface area contributed by atoms with Gasteiger partial charge in [0.2, 0.25) is 0 Å². The zero-order valence-electron chi connectivity index (χ0n) is 10.1. The molecule has 0 aromatic carbocycles. The zero-order valence-corrected chi connectivity index (χ0v) is 10.1. The molecule has 0 amide bonds. The van der Waals surface area contributed by atoms with E-state index in [1.807, 2.05) is 11.9 Å². The maximum atomic E-state index is 8.43. The van der Waals surface area contributed by atoms with Crippen LogP contribution in [0.5, 0.6) is 0 Å². The van der Waals surface area contributed by atoms with Crippen LogP contribution in [0.3, 0.4) is 0 Å². The van der Waals surface area contributed by atoms with E-state index >= 15 is 0 Å². The molecule has 16 heavy (non-hydrogen) atoms. The van der Waals surface area contributed by atoms with Crippen molar-refractivity contribution in [2.75, 3.05) is 66.5 Å². The zero-order chi connectivity index (χ0) is 12.1. The summed E-state index contributed by atoms with van der Waals surface area (Å²) in [6.45, 7) is 4.65. The van der Waals surface area contributed by atoms with Crippen LogP contribution in [0, 0.1) is 0 Å². The van der Waals surface area contributed by atoms with Crippen LogP contribution < -0.4 is 5.73 Å². The van der Waals surface area contributed by atoms with Crippen molar-refractivity contribution in [3.05, 3.63) is 0 Å². The summed E-state index contributed by atoms with van der Waals surface area (Å²) in [4.78, 5) is 1.98. The molecule has 3 N–H and O–H groups in total. The standard InChI is InChI=1S/C10H24N2O4/c1-12(10-11)2-4-14-6-8-16-9-7-15-5-3-13/h13H,2-11H2,1H3. The Balaban J connectivity index is 2.93. The molecular formula is C10H24N2O4. The molecule has 0 saturated heterocycles. The van der Waals surface area contributed by atoms with Crippen LogP contribution in [0.1, 0.15) is 0 Å². The van der Waals surface area contributed by atoms with Gasteiger partial charge in [-0.05, 0) is 7.05 Å². The van der Waals surface area contributed by atoms with Gasteiger partial charge in [0.1, 0.15) is 0 Å². The summed E-state index contributed by atoms with van der Waals surface area (Å²) in [5.74, 6) is 0. The monoisotopic (exact) mass is 236 g/mol. The molecule has 0 rings (SSSR count). The smallest absolute Gasteiger partial charge is 0.0701 e. The van der Waals surface area contributed by atoms with Crippen molar-refractivity contribution in [3.8, 4) is 0 Å². The lowest BCUT2D eigenvalue weighted by atomic mass is 10.6. The average molecular weight is 236 g/mol.